The molecular weight excluding hydrogens is 378 g/mol. The molecule has 1 aliphatic rings. The van der Waals surface area contributed by atoms with Crippen LogP contribution in [-0.2, 0) is 0 Å². The Morgan fingerprint density at radius 1 is 0.613 bits per heavy atom. The third-order valence-corrected chi connectivity index (χ3v) is 7.05. The van der Waals surface area contributed by atoms with E-state index in [2.05, 4.69) is 35.5 Å². The SMILES string of the molecule is C=C(CCN1CCN(CC)CC1)NCCCCCCCCCCCCCCCCCC. The Hall–Kier alpha value is -0.540. The van der Waals surface area contributed by atoms with Gasteiger partial charge in [0, 0.05) is 45.0 Å². The number of likely N-dealkylation sites (N-methyl/N-ethyl adjacent to an activating group) is 1. The second-order valence-electron chi connectivity index (χ2n) is 9.86. The molecule has 0 aromatic heterocycles. The summed E-state index contributed by atoms with van der Waals surface area (Å²) in [5, 5.41) is 3.56. The normalized spacial score (nSPS) is 15.4. The van der Waals surface area contributed by atoms with Crippen LogP contribution in [0.15, 0.2) is 12.3 Å². The summed E-state index contributed by atoms with van der Waals surface area (Å²) in [6, 6.07) is 0. The van der Waals surface area contributed by atoms with Crippen molar-refractivity contribution in [1.82, 2.24) is 15.1 Å². The molecule has 1 heterocycles. The third kappa shape index (κ3) is 17.7. The fourth-order valence-electron chi connectivity index (χ4n) is 4.65. The molecule has 184 valence electrons. The summed E-state index contributed by atoms with van der Waals surface area (Å²) in [6.07, 6.45) is 24.1. The largest absolute Gasteiger partial charge is 0.389 e. The Labute approximate surface area is 196 Å². The molecule has 0 spiro atoms. The second kappa shape index (κ2) is 21.3. The van der Waals surface area contributed by atoms with E-state index in [1.54, 1.807) is 0 Å². The van der Waals surface area contributed by atoms with Crippen LogP contribution in [0.5, 0.6) is 0 Å². The van der Waals surface area contributed by atoms with Gasteiger partial charge in [-0.25, -0.2) is 0 Å². The summed E-state index contributed by atoms with van der Waals surface area (Å²) in [5.74, 6) is 0. The van der Waals surface area contributed by atoms with Crippen molar-refractivity contribution in [1.29, 1.82) is 0 Å². The lowest BCUT2D eigenvalue weighted by molar-refractivity contribution is 0.138. The zero-order chi connectivity index (χ0) is 22.4. The minimum absolute atomic E-state index is 1.10. The van der Waals surface area contributed by atoms with Gasteiger partial charge in [-0.2, -0.15) is 0 Å². The van der Waals surface area contributed by atoms with Gasteiger partial charge in [0.05, 0.1) is 0 Å². The minimum Gasteiger partial charge on any atom is -0.389 e. The van der Waals surface area contributed by atoms with Crippen molar-refractivity contribution >= 4 is 0 Å². The molecule has 1 N–H and O–H groups in total. The van der Waals surface area contributed by atoms with Crippen molar-refractivity contribution in [3.8, 4) is 0 Å². The average Bonchev–Trinajstić information content (AvgIpc) is 2.80. The van der Waals surface area contributed by atoms with Gasteiger partial charge < -0.3 is 15.1 Å². The molecule has 0 aliphatic carbocycles. The number of hydrogen-bond donors (Lipinski definition) is 1. The molecular formula is C28H57N3. The summed E-state index contributed by atoms with van der Waals surface area (Å²) < 4.78 is 0. The predicted octanol–water partition coefficient (Wildman–Crippen LogP) is 7.38. The third-order valence-electron chi connectivity index (χ3n) is 7.05. The molecule has 0 unspecified atom stereocenters. The average molecular weight is 436 g/mol. The Bertz CT molecular complexity index is 388. The maximum absolute atomic E-state index is 4.23. The van der Waals surface area contributed by atoms with Crippen LogP contribution in [-0.4, -0.2) is 55.6 Å². The standard InChI is InChI=1S/C28H57N3/c1-4-6-7-8-9-10-11-12-13-14-15-16-17-18-19-20-22-29-28(3)21-23-31-26-24-30(5-2)25-27-31/h29H,3-27H2,1-2H3. The highest BCUT2D eigenvalue weighted by molar-refractivity contribution is 4.92. The lowest BCUT2D eigenvalue weighted by atomic mass is 10.0. The first-order valence-electron chi connectivity index (χ1n) is 14.1. The van der Waals surface area contributed by atoms with Crippen molar-refractivity contribution in [2.45, 2.75) is 123 Å². The van der Waals surface area contributed by atoms with Gasteiger partial charge in [0.1, 0.15) is 0 Å². The highest BCUT2D eigenvalue weighted by Gasteiger charge is 2.14. The van der Waals surface area contributed by atoms with E-state index in [0.717, 1.165) is 13.0 Å². The Kier molecular flexibility index (Phi) is 19.6. The van der Waals surface area contributed by atoms with Gasteiger partial charge in [0.15, 0.2) is 0 Å². The van der Waals surface area contributed by atoms with Crippen LogP contribution in [0, 0.1) is 0 Å². The molecule has 0 bridgehead atoms. The molecule has 0 aromatic carbocycles. The van der Waals surface area contributed by atoms with Crippen molar-refractivity contribution in [2.75, 3.05) is 45.8 Å². The number of piperazine rings is 1. The number of nitrogens with one attached hydrogen (secondary N) is 1. The van der Waals surface area contributed by atoms with Crippen LogP contribution in [0.1, 0.15) is 123 Å². The van der Waals surface area contributed by atoms with Gasteiger partial charge >= 0.3 is 0 Å². The number of nitrogens with zero attached hydrogens (tertiary/aromatic N) is 2. The van der Waals surface area contributed by atoms with E-state index < -0.39 is 0 Å². The topological polar surface area (TPSA) is 18.5 Å². The maximum Gasteiger partial charge on any atom is 0.0143 e. The molecule has 0 aromatic rings. The molecule has 0 atom stereocenters. The number of rotatable bonds is 22. The maximum atomic E-state index is 4.23. The fraction of sp³-hybridized carbons (Fsp3) is 0.929. The Balaban J connectivity index is 1.74. The second-order valence-corrected chi connectivity index (χ2v) is 9.86. The molecule has 1 fully saturated rings. The lowest BCUT2D eigenvalue weighted by Gasteiger charge is -2.34. The summed E-state index contributed by atoms with van der Waals surface area (Å²) in [7, 11) is 0. The zero-order valence-electron chi connectivity index (χ0n) is 21.6. The summed E-state index contributed by atoms with van der Waals surface area (Å²) >= 11 is 0. The minimum atomic E-state index is 1.10. The van der Waals surface area contributed by atoms with Crippen LogP contribution in [0.25, 0.3) is 0 Å². The van der Waals surface area contributed by atoms with Gasteiger partial charge in [0.25, 0.3) is 0 Å². The van der Waals surface area contributed by atoms with Gasteiger partial charge in [0.2, 0.25) is 0 Å². The molecule has 0 amide bonds. The van der Waals surface area contributed by atoms with E-state index >= 15 is 0 Å². The predicted molar refractivity (Wildman–Crippen MR) is 140 cm³/mol. The molecule has 3 heteroatoms. The van der Waals surface area contributed by atoms with Gasteiger partial charge in [-0.05, 0) is 19.4 Å². The van der Waals surface area contributed by atoms with Crippen molar-refractivity contribution in [3.05, 3.63) is 12.3 Å². The van der Waals surface area contributed by atoms with Crippen LogP contribution in [0.2, 0.25) is 0 Å². The quantitative estimate of drug-likeness (QED) is 0.179. The number of hydrogen-bond acceptors (Lipinski definition) is 3. The molecule has 1 aliphatic heterocycles. The molecule has 1 saturated heterocycles. The van der Waals surface area contributed by atoms with E-state index in [-0.39, 0.29) is 0 Å². The van der Waals surface area contributed by atoms with Gasteiger partial charge in [-0.3, -0.25) is 0 Å². The van der Waals surface area contributed by atoms with Crippen molar-refractivity contribution < 1.29 is 0 Å². The fourth-order valence-corrected chi connectivity index (χ4v) is 4.65. The first kappa shape index (κ1) is 28.5. The van der Waals surface area contributed by atoms with Gasteiger partial charge in [-0.15, -0.1) is 0 Å². The Morgan fingerprint density at radius 3 is 1.48 bits per heavy atom. The van der Waals surface area contributed by atoms with E-state index in [4.69, 9.17) is 0 Å². The first-order chi connectivity index (χ1) is 15.3. The van der Waals surface area contributed by atoms with E-state index in [1.807, 2.05) is 0 Å². The van der Waals surface area contributed by atoms with Crippen LogP contribution in [0.4, 0.5) is 0 Å². The zero-order valence-corrected chi connectivity index (χ0v) is 21.6. The number of unbranched alkanes of at least 4 members (excludes halogenated alkanes) is 15. The summed E-state index contributed by atoms with van der Waals surface area (Å²) in [5.41, 5.74) is 1.24. The van der Waals surface area contributed by atoms with Crippen LogP contribution in [0.3, 0.4) is 0 Å². The highest BCUT2D eigenvalue weighted by Crippen LogP contribution is 2.13. The van der Waals surface area contributed by atoms with E-state index in [1.165, 1.54) is 148 Å². The van der Waals surface area contributed by atoms with Crippen molar-refractivity contribution in [2.24, 2.45) is 0 Å². The Morgan fingerprint density at radius 2 is 1.03 bits per heavy atom. The van der Waals surface area contributed by atoms with E-state index in [0.29, 0.717) is 0 Å². The van der Waals surface area contributed by atoms with E-state index in [9.17, 15) is 0 Å². The molecule has 3 nitrogen and oxygen atoms in total. The first-order valence-corrected chi connectivity index (χ1v) is 14.1. The summed E-state index contributed by atoms with van der Waals surface area (Å²) in [4.78, 5) is 5.13. The van der Waals surface area contributed by atoms with Gasteiger partial charge in [-0.1, -0.05) is 117 Å². The smallest absolute Gasteiger partial charge is 0.0143 e. The lowest BCUT2D eigenvalue weighted by Crippen LogP contribution is -2.46. The molecule has 1 rings (SSSR count). The molecule has 31 heavy (non-hydrogen) atoms. The monoisotopic (exact) mass is 435 g/mol. The van der Waals surface area contributed by atoms with Crippen LogP contribution >= 0.6 is 0 Å². The van der Waals surface area contributed by atoms with Crippen LogP contribution < -0.4 is 5.32 Å². The van der Waals surface area contributed by atoms with Crippen molar-refractivity contribution in [3.63, 3.8) is 0 Å². The summed E-state index contributed by atoms with van der Waals surface area (Å²) in [6.45, 7) is 17.2. The molecule has 0 radical (unpaired) electrons. The molecule has 0 saturated carbocycles. The highest BCUT2D eigenvalue weighted by atomic mass is 15.3.